The van der Waals surface area contributed by atoms with Crippen LogP contribution in [0.15, 0.2) is 34.0 Å². The van der Waals surface area contributed by atoms with Crippen molar-refractivity contribution in [3.63, 3.8) is 0 Å². The van der Waals surface area contributed by atoms with E-state index in [1.807, 2.05) is 13.8 Å². The summed E-state index contributed by atoms with van der Waals surface area (Å²) in [4.78, 5) is 31.4. The van der Waals surface area contributed by atoms with Crippen LogP contribution in [0.2, 0.25) is 0 Å². The Balaban J connectivity index is 1.47. The van der Waals surface area contributed by atoms with Gasteiger partial charge in [0.15, 0.2) is 5.82 Å². The highest BCUT2D eigenvalue weighted by molar-refractivity contribution is 5.76. The molecule has 0 N–H and O–H groups in total. The number of likely N-dealkylation sites (tertiary alicyclic amines) is 1. The van der Waals surface area contributed by atoms with Crippen molar-refractivity contribution in [2.75, 3.05) is 13.1 Å². The van der Waals surface area contributed by atoms with Gasteiger partial charge in [-0.25, -0.2) is 4.68 Å². The molecule has 1 amide bonds. The first-order chi connectivity index (χ1) is 13.0. The molecule has 1 atom stereocenters. The van der Waals surface area contributed by atoms with Gasteiger partial charge in [0.25, 0.3) is 5.56 Å². The van der Waals surface area contributed by atoms with Crippen LogP contribution in [-0.2, 0) is 11.3 Å². The molecule has 0 saturated carbocycles. The summed E-state index contributed by atoms with van der Waals surface area (Å²) in [5.41, 5.74) is 0.226. The van der Waals surface area contributed by atoms with Gasteiger partial charge < -0.3 is 13.8 Å². The average molecular weight is 370 g/mol. The van der Waals surface area contributed by atoms with Crippen LogP contribution in [0.4, 0.5) is 0 Å². The van der Waals surface area contributed by atoms with Crippen LogP contribution in [0.3, 0.4) is 0 Å². The number of carbonyl (C=O) groups excluding carboxylic acids is 1. The van der Waals surface area contributed by atoms with Gasteiger partial charge in [-0.05, 0) is 25.0 Å². The summed E-state index contributed by atoms with van der Waals surface area (Å²) >= 11 is 0. The van der Waals surface area contributed by atoms with E-state index in [1.165, 1.54) is 11.0 Å². The molecular formula is C18H22N6O3. The van der Waals surface area contributed by atoms with Gasteiger partial charge in [-0.1, -0.05) is 19.0 Å². The van der Waals surface area contributed by atoms with Crippen LogP contribution < -0.4 is 5.56 Å². The molecule has 0 radical (unpaired) electrons. The van der Waals surface area contributed by atoms with Gasteiger partial charge in [0.05, 0.1) is 5.92 Å². The molecule has 1 saturated heterocycles. The van der Waals surface area contributed by atoms with Gasteiger partial charge >= 0.3 is 0 Å². The Morgan fingerprint density at radius 1 is 1.41 bits per heavy atom. The normalized spacial score (nSPS) is 17.7. The van der Waals surface area contributed by atoms with Gasteiger partial charge in [0.1, 0.15) is 18.4 Å². The Hall–Kier alpha value is -2.97. The highest BCUT2D eigenvalue weighted by Crippen LogP contribution is 2.26. The monoisotopic (exact) mass is 370 g/mol. The van der Waals surface area contributed by atoms with Crippen molar-refractivity contribution in [1.82, 2.24) is 29.2 Å². The van der Waals surface area contributed by atoms with E-state index < -0.39 is 0 Å². The second kappa shape index (κ2) is 6.98. The lowest BCUT2D eigenvalue weighted by molar-refractivity contribution is -0.133. The summed E-state index contributed by atoms with van der Waals surface area (Å²) in [6.45, 7) is 5.12. The Labute approximate surface area is 155 Å². The van der Waals surface area contributed by atoms with Crippen LogP contribution in [-0.4, -0.2) is 48.2 Å². The Kier molecular flexibility index (Phi) is 4.51. The van der Waals surface area contributed by atoms with Crippen LogP contribution in [0.5, 0.6) is 0 Å². The number of fused-ring (bicyclic) bond motifs is 1. The molecule has 4 heterocycles. The molecular weight excluding hydrogens is 348 g/mol. The Morgan fingerprint density at radius 2 is 2.26 bits per heavy atom. The van der Waals surface area contributed by atoms with Crippen LogP contribution >= 0.6 is 0 Å². The van der Waals surface area contributed by atoms with Crippen molar-refractivity contribution in [2.45, 2.75) is 45.1 Å². The van der Waals surface area contributed by atoms with Gasteiger partial charge in [-0.2, -0.15) is 10.1 Å². The van der Waals surface area contributed by atoms with Gasteiger partial charge in [-0.15, -0.1) is 0 Å². The van der Waals surface area contributed by atoms with E-state index in [0.717, 1.165) is 12.8 Å². The minimum absolute atomic E-state index is 0.0282. The summed E-state index contributed by atoms with van der Waals surface area (Å²) in [7, 11) is 0. The quantitative estimate of drug-likeness (QED) is 0.689. The second-order valence-electron chi connectivity index (χ2n) is 7.22. The lowest BCUT2D eigenvalue weighted by atomic mass is 9.98. The Morgan fingerprint density at radius 3 is 3.04 bits per heavy atom. The predicted molar refractivity (Wildman–Crippen MR) is 96.4 cm³/mol. The number of aromatic nitrogens is 5. The summed E-state index contributed by atoms with van der Waals surface area (Å²) < 4.78 is 8.25. The first kappa shape index (κ1) is 17.4. The van der Waals surface area contributed by atoms with Crippen molar-refractivity contribution in [3.05, 3.63) is 46.7 Å². The zero-order valence-electron chi connectivity index (χ0n) is 15.4. The number of hydrogen-bond donors (Lipinski definition) is 0. The largest absolute Gasteiger partial charge is 0.340 e. The molecule has 1 aliphatic rings. The van der Waals surface area contributed by atoms with E-state index in [1.54, 1.807) is 27.6 Å². The molecule has 0 unspecified atom stereocenters. The van der Waals surface area contributed by atoms with Crippen molar-refractivity contribution in [1.29, 1.82) is 0 Å². The summed E-state index contributed by atoms with van der Waals surface area (Å²) in [5, 5.41) is 8.11. The third kappa shape index (κ3) is 3.36. The number of nitrogens with zero attached hydrogens (tertiary/aromatic N) is 6. The number of carbonyl (C=O) groups is 1. The average Bonchev–Trinajstić information content (AvgIpc) is 3.34. The van der Waals surface area contributed by atoms with Gasteiger partial charge in [-0.3, -0.25) is 9.59 Å². The third-order valence-corrected chi connectivity index (χ3v) is 4.93. The highest BCUT2D eigenvalue weighted by Gasteiger charge is 2.29. The van der Waals surface area contributed by atoms with Crippen molar-refractivity contribution < 1.29 is 9.32 Å². The minimum atomic E-state index is -0.275. The fraction of sp³-hybridized carbons (Fsp3) is 0.500. The zero-order chi connectivity index (χ0) is 19.0. The SMILES string of the molecule is CC(C)c1noc([C@@H]2CCCN(C(=O)Cn3ncn4cccc4c3=O)C2)n1. The van der Waals surface area contributed by atoms with Gasteiger partial charge in [0.2, 0.25) is 11.8 Å². The molecule has 9 nitrogen and oxygen atoms in total. The fourth-order valence-corrected chi connectivity index (χ4v) is 3.37. The molecule has 0 aliphatic carbocycles. The van der Waals surface area contributed by atoms with Crippen LogP contribution in [0.25, 0.3) is 5.52 Å². The summed E-state index contributed by atoms with van der Waals surface area (Å²) in [6, 6.07) is 3.49. The zero-order valence-corrected chi connectivity index (χ0v) is 15.4. The topological polar surface area (TPSA) is 98.5 Å². The maximum absolute atomic E-state index is 12.7. The van der Waals surface area contributed by atoms with Crippen molar-refractivity contribution in [3.8, 4) is 0 Å². The van der Waals surface area contributed by atoms with Crippen LogP contribution in [0.1, 0.15) is 50.2 Å². The maximum Gasteiger partial charge on any atom is 0.291 e. The van der Waals surface area contributed by atoms with Crippen molar-refractivity contribution in [2.24, 2.45) is 0 Å². The predicted octanol–water partition coefficient (Wildman–Crippen LogP) is 1.41. The molecule has 1 aliphatic heterocycles. The number of hydrogen-bond acceptors (Lipinski definition) is 6. The molecule has 142 valence electrons. The molecule has 0 spiro atoms. The standard InChI is InChI=1S/C18H22N6O3/c1-12(2)16-20-17(27-21-16)13-5-3-7-22(9-13)15(25)10-24-18(26)14-6-4-8-23(14)11-19-24/h4,6,8,11-13H,3,5,7,9-10H2,1-2H3/t13-/m1/s1. The third-order valence-electron chi connectivity index (χ3n) is 4.93. The molecule has 27 heavy (non-hydrogen) atoms. The minimum Gasteiger partial charge on any atom is -0.340 e. The lowest BCUT2D eigenvalue weighted by Gasteiger charge is -2.31. The maximum atomic E-state index is 12.7. The molecule has 3 aromatic heterocycles. The molecule has 0 aromatic carbocycles. The Bertz CT molecular complexity index is 1020. The molecule has 0 bridgehead atoms. The van der Waals surface area contributed by atoms with E-state index in [0.29, 0.717) is 30.3 Å². The first-order valence-corrected chi connectivity index (χ1v) is 9.17. The molecule has 3 aromatic rings. The summed E-state index contributed by atoms with van der Waals surface area (Å²) in [5.74, 6) is 1.37. The van der Waals surface area contributed by atoms with Crippen LogP contribution in [0, 0.1) is 0 Å². The summed E-state index contributed by atoms with van der Waals surface area (Å²) in [6.07, 6.45) is 5.05. The number of amides is 1. The number of rotatable bonds is 4. The van der Waals surface area contributed by atoms with E-state index in [4.69, 9.17) is 4.52 Å². The smallest absolute Gasteiger partial charge is 0.291 e. The first-order valence-electron chi connectivity index (χ1n) is 9.17. The van der Waals surface area contributed by atoms with E-state index in [9.17, 15) is 9.59 Å². The highest BCUT2D eigenvalue weighted by atomic mass is 16.5. The van der Waals surface area contributed by atoms with Crippen molar-refractivity contribution >= 4 is 11.4 Å². The van der Waals surface area contributed by atoms with E-state index in [2.05, 4.69) is 15.2 Å². The lowest BCUT2D eigenvalue weighted by Crippen LogP contribution is -2.42. The molecule has 4 rings (SSSR count). The second-order valence-corrected chi connectivity index (χ2v) is 7.22. The fourth-order valence-electron chi connectivity index (χ4n) is 3.37. The molecule has 9 heteroatoms. The molecule has 1 fully saturated rings. The van der Waals surface area contributed by atoms with E-state index >= 15 is 0 Å². The number of piperidine rings is 1. The van der Waals surface area contributed by atoms with Gasteiger partial charge in [0, 0.05) is 25.2 Å². The van der Waals surface area contributed by atoms with E-state index in [-0.39, 0.29) is 29.8 Å².